The van der Waals surface area contributed by atoms with Crippen molar-refractivity contribution in [3.8, 4) is 5.75 Å². The SMILES string of the molecule is C/C=C\C1=C(C(=O)O)N2C(=O)C(NC(=O)C(NC(=O)OC(C)(C)C)c3cccc(O)c3)[C@@H]2SC1. The normalized spacial score (nSPS) is 20.9. The molecular formula is C23H27N3O7S. The van der Waals surface area contributed by atoms with E-state index in [0.717, 1.165) is 0 Å². The molecular weight excluding hydrogens is 462 g/mol. The van der Waals surface area contributed by atoms with Crippen molar-refractivity contribution in [3.63, 3.8) is 0 Å². The van der Waals surface area contributed by atoms with Crippen molar-refractivity contribution in [3.05, 3.63) is 53.3 Å². The number of hydrogen-bond acceptors (Lipinski definition) is 7. The largest absolute Gasteiger partial charge is 0.508 e. The van der Waals surface area contributed by atoms with E-state index in [2.05, 4.69) is 10.6 Å². The Bertz CT molecular complexity index is 1080. The van der Waals surface area contributed by atoms with Gasteiger partial charge in [0.05, 0.1) is 0 Å². The molecule has 0 saturated carbocycles. The molecule has 2 aliphatic rings. The molecule has 1 aromatic carbocycles. The number of nitrogens with one attached hydrogen (secondary N) is 2. The number of aromatic hydroxyl groups is 1. The fourth-order valence-corrected chi connectivity index (χ4v) is 4.96. The summed E-state index contributed by atoms with van der Waals surface area (Å²) in [4.78, 5) is 51.4. The number of rotatable bonds is 6. The molecule has 10 nitrogen and oxygen atoms in total. The third-order valence-electron chi connectivity index (χ3n) is 4.99. The van der Waals surface area contributed by atoms with E-state index in [9.17, 15) is 29.4 Å². The zero-order valence-electron chi connectivity index (χ0n) is 19.2. The van der Waals surface area contributed by atoms with Crippen molar-refractivity contribution < 1.29 is 34.1 Å². The van der Waals surface area contributed by atoms with Crippen LogP contribution in [-0.2, 0) is 19.1 Å². The monoisotopic (exact) mass is 489 g/mol. The number of carboxylic acids is 1. The van der Waals surface area contributed by atoms with Gasteiger partial charge >= 0.3 is 12.1 Å². The van der Waals surface area contributed by atoms with Crippen LogP contribution in [0.4, 0.5) is 4.79 Å². The number of aliphatic carboxylic acids is 1. The Labute approximate surface area is 201 Å². The van der Waals surface area contributed by atoms with Gasteiger partial charge in [0.2, 0.25) is 5.91 Å². The van der Waals surface area contributed by atoms with E-state index < -0.39 is 46.9 Å². The lowest BCUT2D eigenvalue weighted by Crippen LogP contribution is -2.71. The Morgan fingerprint density at radius 2 is 2.00 bits per heavy atom. The van der Waals surface area contributed by atoms with Crippen molar-refractivity contribution in [2.75, 3.05) is 5.75 Å². The van der Waals surface area contributed by atoms with Crippen LogP contribution in [0.3, 0.4) is 0 Å². The van der Waals surface area contributed by atoms with Gasteiger partial charge in [0, 0.05) is 5.75 Å². The number of β-lactam (4-membered cyclic amide) rings is 1. The maximum Gasteiger partial charge on any atom is 0.408 e. The van der Waals surface area contributed by atoms with Gasteiger partial charge < -0.3 is 25.6 Å². The Morgan fingerprint density at radius 1 is 1.29 bits per heavy atom. The molecule has 3 rings (SSSR count). The summed E-state index contributed by atoms with van der Waals surface area (Å²) < 4.78 is 5.25. The van der Waals surface area contributed by atoms with Gasteiger partial charge in [-0.05, 0) is 51.0 Å². The van der Waals surface area contributed by atoms with E-state index in [1.165, 1.54) is 34.9 Å². The quantitative estimate of drug-likeness (QED) is 0.445. The number of allylic oxidation sites excluding steroid dienone is 2. The summed E-state index contributed by atoms with van der Waals surface area (Å²) in [5.74, 6) is -2.23. The van der Waals surface area contributed by atoms with Gasteiger partial charge in [-0.25, -0.2) is 9.59 Å². The first-order chi connectivity index (χ1) is 15.9. The lowest BCUT2D eigenvalue weighted by atomic mass is 10.0. The molecule has 0 aliphatic carbocycles. The van der Waals surface area contributed by atoms with Crippen LogP contribution in [-0.4, -0.2) is 61.8 Å². The highest BCUT2D eigenvalue weighted by Crippen LogP contribution is 2.40. The number of carboxylic acid groups (broad SMARTS) is 1. The van der Waals surface area contributed by atoms with Crippen LogP contribution in [0.1, 0.15) is 39.3 Å². The van der Waals surface area contributed by atoms with Crippen molar-refractivity contribution >= 4 is 35.6 Å². The zero-order valence-corrected chi connectivity index (χ0v) is 20.0. The van der Waals surface area contributed by atoms with Crippen molar-refractivity contribution in [2.45, 2.75) is 50.8 Å². The molecule has 0 spiro atoms. The van der Waals surface area contributed by atoms with Crippen molar-refractivity contribution in [2.24, 2.45) is 0 Å². The molecule has 0 radical (unpaired) electrons. The fourth-order valence-electron chi connectivity index (χ4n) is 3.64. The summed E-state index contributed by atoms with van der Waals surface area (Å²) in [5.41, 5.74) is -0.116. The highest BCUT2D eigenvalue weighted by Gasteiger charge is 2.54. The summed E-state index contributed by atoms with van der Waals surface area (Å²) in [5, 5.41) is 24.0. The lowest BCUT2D eigenvalue weighted by molar-refractivity contribution is -0.150. The molecule has 3 amide bonds. The maximum atomic E-state index is 13.2. The number of phenols is 1. The molecule has 11 heteroatoms. The number of thioether (sulfide) groups is 1. The third-order valence-corrected chi connectivity index (χ3v) is 6.29. The molecule has 182 valence electrons. The van der Waals surface area contributed by atoms with Gasteiger partial charge in [0.25, 0.3) is 5.91 Å². The highest BCUT2D eigenvalue weighted by atomic mass is 32.2. The molecule has 1 fully saturated rings. The number of fused-ring (bicyclic) bond motifs is 1. The molecule has 0 aromatic heterocycles. The zero-order chi connectivity index (χ0) is 25.2. The van der Waals surface area contributed by atoms with Crippen LogP contribution in [0, 0.1) is 0 Å². The molecule has 4 N–H and O–H groups in total. The highest BCUT2D eigenvalue weighted by molar-refractivity contribution is 8.00. The molecule has 0 bridgehead atoms. The van der Waals surface area contributed by atoms with Gasteiger partial charge in [0.1, 0.15) is 34.5 Å². The third kappa shape index (κ3) is 5.36. The summed E-state index contributed by atoms with van der Waals surface area (Å²) in [7, 11) is 0. The minimum absolute atomic E-state index is 0.103. The number of phenolic OH excluding ortho intramolecular Hbond substituents is 1. The number of benzene rings is 1. The van der Waals surface area contributed by atoms with Crippen LogP contribution >= 0.6 is 11.8 Å². The number of amides is 3. The second-order valence-electron chi connectivity index (χ2n) is 8.75. The number of carbonyl (C=O) groups excluding carboxylic acids is 3. The van der Waals surface area contributed by atoms with Crippen LogP contribution < -0.4 is 10.6 Å². The summed E-state index contributed by atoms with van der Waals surface area (Å²) in [6.45, 7) is 6.78. The van der Waals surface area contributed by atoms with Crippen LogP contribution in [0.25, 0.3) is 0 Å². The smallest absolute Gasteiger partial charge is 0.408 e. The molecule has 1 aromatic rings. The minimum atomic E-state index is -1.26. The second-order valence-corrected chi connectivity index (χ2v) is 9.85. The van der Waals surface area contributed by atoms with E-state index in [1.807, 2.05) is 0 Å². The van der Waals surface area contributed by atoms with Gasteiger partial charge in [0.15, 0.2) is 0 Å². The molecule has 3 atom stereocenters. The van der Waals surface area contributed by atoms with Gasteiger partial charge in [-0.15, -0.1) is 11.8 Å². The number of alkyl carbamates (subject to hydrolysis) is 1. The van der Waals surface area contributed by atoms with Gasteiger partial charge in [-0.3, -0.25) is 14.5 Å². The average Bonchev–Trinajstić information content (AvgIpc) is 2.74. The predicted molar refractivity (Wildman–Crippen MR) is 125 cm³/mol. The maximum absolute atomic E-state index is 13.2. The lowest BCUT2D eigenvalue weighted by Gasteiger charge is -2.49. The Balaban J connectivity index is 1.82. The summed E-state index contributed by atoms with van der Waals surface area (Å²) >= 11 is 1.33. The second kappa shape index (κ2) is 9.80. The minimum Gasteiger partial charge on any atom is -0.508 e. The molecule has 2 aliphatic heterocycles. The Kier molecular flexibility index (Phi) is 7.25. The van der Waals surface area contributed by atoms with E-state index in [1.54, 1.807) is 45.9 Å². The summed E-state index contributed by atoms with van der Waals surface area (Å²) in [6, 6.07) is 3.56. The van der Waals surface area contributed by atoms with E-state index >= 15 is 0 Å². The molecule has 34 heavy (non-hydrogen) atoms. The first-order valence-electron chi connectivity index (χ1n) is 10.6. The van der Waals surface area contributed by atoms with Crippen LogP contribution in [0.2, 0.25) is 0 Å². The predicted octanol–water partition coefficient (Wildman–Crippen LogP) is 2.27. The number of ether oxygens (including phenoxy) is 1. The van der Waals surface area contributed by atoms with Crippen LogP contribution in [0.5, 0.6) is 5.75 Å². The Morgan fingerprint density at radius 3 is 2.59 bits per heavy atom. The molecule has 2 heterocycles. The average molecular weight is 490 g/mol. The van der Waals surface area contributed by atoms with Gasteiger partial charge in [-0.1, -0.05) is 24.3 Å². The van der Waals surface area contributed by atoms with E-state index in [4.69, 9.17) is 4.74 Å². The van der Waals surface area contributed by atoms with Crippen LogP contribution in [0.15, 0.2) is 47.7 Å². The fraction of sp³-hybridized carbons (Fsp3) is 0.391. The summed E-state index contributed by atoms with van der Waals surface area (Å²) in [6.07, 6.45) is 2.50. The van der Waals surface area contributed by atoms with Crippen molar-refractivity contribution in [1.82, 2.24) is 15.5 Å². The number of carbonyl (C=O) groups is 4. The Hall–Kier alpha value is -3.47. The topological polar surface area (TPSA) is 145 Å². The molecule has 1 saturated heterocycles. The number of hydrogen-bond donors (Lipinski definition) is 4. The standard InChI is InChI=1S/C23H27N3O7S/c1-5-7-13-11-34-20-16(19(29)26(20)17(13)21(30)31)24-18(28)15(12-8-6-9-14(27)10-12)25-22(32)33-23(2,3)4/h5-10,15-16,20,27H,11H2,1-4H3,(H,24,28)(H,25,32)(H,30,31)/b7-5-/t15?,16?,20-/m0/s1. The van der Waals surface area contributed by atoms with Crippen molar-refractivity contribution in [1.29, 1.82) is 0 Å². The van der Waals surface area contributed by atoms with E-state index in [-0.39, 0.29) is 17.0 Å². The van der Waals surface area contributed by atoms with E-state index in [0.29, 0.717) is 11.3 Å². The van der Waals surface area contributed by atoms with Gasteiger partial charge in [-0.2, -0.15) is 0 Å². The molecule has 2 unspecified atom stereocenters. The first kappa shape index (κ1) is 25.2. The first-order valence-corrected chi connectivity index (χ1v) is 11.6. The number of nitrogens with zero attached hydrogens (tertiary/aromatic N) is 1.